The number of alkyl halides is 2. The number of hydrogen-bond acceptors (Lipinski definition) is 3. The predicted molar refractivity (Wildman–Crippen MR) is 94.9 cm³/mol. The number of alkyl carbamates (subject to hydrolysis) is 1. The molecule has 0 saturated carbocycles. The molecule has 0 heterocycles. The summed E-state index contributed by atoms with van der Waals surface area (Å²) in [6, 6.07) is 14.2. The number of amides is 1. The monoisotopic (exact) mass is 375 g/mol. The molecule has 0 radical (unpaired) electrons. The van der Waals surface area contributed by atoms with E-state index in [1.807, 2.05) is 48.5 Å². The minimum atomic E-state index is -2.63. The lowest BCUT2D eigenvalue weighted by molar-refractivity contribution is -0.139. The standard InChI is InChI=1S/C20H19F2NO4/c21-18(22)10-9-17(19(24)25)23-20(26)27-11-16-14-7-3-1-5-12(14)13-6-2-4-8-15(13)16/h1-8,16-18H,9-11H2,(H,23,26)(H,24,25)/t17-/m0/s1. The van der Waals surface area contributed by atoms with Crippen molar-refractivity contribution < 1.29 is 28.2 Å². The van der Waals surface area contributed by atoms with Gasteiger partial charge in [0.1, 0.15) is 12.6 Å². The number of fused-ring (bicyclic) bond motifs is 3. The van der Waals surface area contributed by atoms with Gasteiger partial charge in [-0.1, -0.05) is 48.5 Å². The molecule has 1 atom stereocenters. The lowest BCUT2D eigenvalue weighted by Gasteiger charge is -2.17. The first-order chi connectivity index (χ1) is 13.0. The number of carbonyl (C=O) groups is 2. The fourth-order valence-corrected chi connectivity index (χ4v) is 3.33. The van der Waals surface area contributed by atoms with Gasteiger partial charge in [0.05, 0.1) is 0 Å². The van der Waals surface area contributed by atoms with Gasteiger partial charge >= 0.3 is 12.1 Å². The van der Waals surface area contributed by atoms with Crippen LogP contribution in [0.25, 0.3) is 11.1 Å². The van der Waals surface area contributed by atoms with Gasteiger partial charge in [-0.25, -0.2) is 18.4 Å². The summed E-state index contributed by atoms with van der Waals surface area (Å²) >= 11 is 0. The second-order valence-electron chi connectivity index (χ2n) is 6.33. The third kappa shape index (κ3) is 4.24. The van der Waals surface area contributed by atoms with Crippen molar-refractivity contribution in [2.24, 2.45) is 0 Å². The van der Waals surface area contributed by atoms with Crippen LogP contribution in [0.1, 0.15) is 29.9 Å². The van der Waals surface area contributed by atoms with Crippen LogP contribution in [-0.4, -0.2) is 36.2 Å². The van der Waals surface area contributed by atoms with E-state index in [0.717, 1.165) is 22.3 Å². The average molecular weight is 375 g/mol. The zero-order valence-electron chi connectivity index (χ0n) is 14.4. The van der Waals surface area contributed by atoms with Crippen molar-refractivity contribution >= 4 is 12.1 Å². The summed E-state index contributed by atoms with van der Waals surface area (Å²) in [7, 11) is 0. The fourth-order valence-electron chi connectivity index (χ4n) is 3.33. The van der Waals surface area contributed by atoms with Gasteiger partial charge in [0, 0.05) is 12.3 Å². The molecule has 0 spiro atoms. The van der Waals surface area contributed by atoms with E-state index in [1.165, 1.54) is 0 Å². The number of halogens is 2. The highest BCUT2D eigenvalue weighted by Gasteiger charge is 2.29. The SMILES string of the molecule is O=C(N[C@@H](CCC(F)F)C(=O)O)OCC1c2ccccc2-c2ccccc21. The molecule has 0 unspecified atom stereocenters. The molecule has 2 N–H and O–H groups in total. The summed E-state index contributed by atoms with van der Waals surface area (Å²) in [5, 5.41) is 11.2. The average Bonchev–Trinajstić information content (AvgIpc) is 2.97. The van der Waals surface area contributed by atoms with Gasteiger partial charge in [0.2, 0.25) is 6.43 Å². The summed E-state index contributed by atoms with van der Waals surface area (Å²) < 4.78 is 29.8. The number of carbonyl (C=O) groups excluding carboxylic acids is 1. The summed E-state index contributed by atoms with van der Waals surface area (Å²) in [6.07, 6.45) is -4.53. The van der Waals surface area contributed by atoms with Crippen LogP contribution in [0.2, 0.25) is 0 Å². The Kier molecular flexibility index (Phi) is 5.69. The molecule has 27 heavy (non-hydrogen) atoms. The molecule has 1 aliphatic carbocycles. The maximum Gasteiger partial charge on any atom is 0.407 e. The predicted octanol–water partition coefficient (Wildman–Crippen LogP) is 4.02. The third-order valence-electron chi connectivity index (χ3n) is 4.61. The number of aliphatic carboxylic acids is 1. The molecule has 3 rings (SSSR count). The molecule has 0 aromatic heterocycles. The molecule has 2 aromatic carbocycles. The number of ether oxygens (including phenoxy) is 1. The van der Waals surface area contributed by atoms with Crippen LogP contribution in [0.3, 0.4) is 0 Å². The van der Waals surface area contributed by atoms with Crippen LogP contribution in [0.15, 0.2) is 48.5 Å². The Morgan fingerprint density at radius 3 is 2.07 bits per heavy atom. The second kappa shape index (κ2) is 8.16. The first kappa shape index (κ1) is 18.8. The largest absolute Gasteiger partial charge is 0.480 e. The number of rotatable bonds is 7. The molecule has 1 amide bonds. The van der Waals surface area contributed by atoms with E-state index in [1.54, 1.807) is 0 Å². The van der Waals surface area contributed by atoms with Crippen molar-refractivity contribution in [2.45, 2.75) is 31.2 Å². The van der Waals surface area contributed by atoms with Crippen molar-refractivity contribution in [3.63, 3.8) is 0 Å². The van der Waals surface area contributed by atoms with E-state index in [-0.39, 0.29) is 18.9 Å². The van der Waals surface area contributed by atoms with Crippen molar-refractivity contribution in [1.29, 1.82) is 0 Å². The van der Waals surface area contributed by atoms with Gasteiger partial charge in [-0.15, -0.1) is 0 Å². The lowest BCUT2D eigenvalue weighted by atomic mass is 9.98. The number of benzene rings is 2. The van der Waals surface area contributed by atoms with Crippen LogP contribution < -0.4 is 5.32 Å². The molecule has 5 nitrogen and oxygen atoms in total. The number of carboxylic acid groups (broad SMARTS) is 1. The van der Waals surface area contributed by atoms with Gasteiger partial charge in [-0.05, 0) is 28.7 Å². The Morgan fingerprint density at radius 2 is 1.56 bits per heavy atom. The van der Waals surface area contributed by atoms with Crippen LogP contribution in [-0.2, 0) is 9.53 Å². The lowest BCUT2D eigenvalue weighted by Crippen LogP contribution is -2.41. The van der Waals surface area contributed by atoms with Crippen LogP contribution in [0, 0.1) is 0 Å². The van der Waals surface area contributed by atoms with E-state index >= 15 is 0 Å². The van der Waals surface area contributed by atoms with Gasteiger partial charge in [0.15, 0.2) is 0 Å². The van der Waals surface area contributed by atoms with E-state index in [9.17, 15) is 18.4 Å². The van der Waals surface area contributed by atoms with Gasteiger partial charge < -0.3 is 15.2 Å². The van der Waals surface area contributed by atoms with E-state index < -0.39 is 31.0 Å². The minimum Gasteiger partial charge on any atom is -0.480 e. The highest BCUT2D eigenvalue weighted by Crippen LogP contribution is 2.44. The molecule has 2 aromatic rings. The maximum absolute atomic E-state index is 12.3. The zero-order chi connectivity index (χ0) is 19.4. The molecular formula is C20H19F2NO4. The smallest absolute Gasteiger partial charge is 0.407 e. The molecule has 0 saturated heterocycles. The Morgan fingerprint density at radius 1 is 1.00 bits per heavy atom. The van der Waals surface area contributed by atoms with Crippen molar-refractivity contribution in [3.8, 4) is 11.1 Å². The highest BCUT2D eigenvalue weighted by atomic mass is 19.3. The number of hydrogen-bond donors (Lipinski definition) is 2. The molecule has 0 bridgehead atoms. The Labute approximate surface area is 155 Å². The maximum atomic E-state index is 12.3. The summed E-state index contributed by atoms with van der Waals surface area (Å²) in [4.78, 5) is 23.1. The number of nitrogens with one attached hydrogen (secondary N) is 1. The number of carboxylic acids is 1. The topological polar surface area (TPSA) is 75.6 Å². The molecular weight excluding hydrogens is 356 g/mol. The molecule has 142 valence electrons. The van der Waals surface area contributed by atoms with Crippen LogP contribution >= 0.6 is 0 Å². The highest BCUT2D eigenvalue weighted by molar-refractivity contribution is 5.81. The second-order valence-corrected chi connectivity index (χ2v) is 6.33. The van der Waals surface area contributed by atoms with Crippen molar-refractivity contribution in [2.75, 3.05) is 6.61 Å². The first-order valence-electron chi connectivity index (χ1n) is 8.60. The van der Waals surface area contributed by atoms with Crippen molar-refractivity contribution in [1.82, 2.24) is 5.32 Å². The van der Waals surface area contributed by atoms with Gasteiger partial charge in [0.25, 0.3) is 0 Å². The zero-order valence-corrected chi connectivity index (χ0v) is 14.4. The Hall–Kier alpha value is -2.96. The van der Waals surface area contributed by atoms with E-state index in [4.69, 9.17) is 9.84 Å². The van der Waals surface area contributed by atoms with Gasteiger partial charge in [-0.2, -0.15) is 0 Å². The minimum absolute atomic E-state index is 0.0288. The van der Waals surface area contributed by atoms with Crippen LogP contribution in [0.5, 0.6) is 0 Å². The first-order valence-corrected chi connectivity index (χ1v) is 8.60. The Bertz CT molecular complexity index is 795. The quantitative estimate of drug-likeness (QED) is 0.766. The molecule has 1 aliphatic rings. The summed E-state index contributed by atoms with van der Waals surface area (Å²) in [5.74, 6) is -1.53. The van der Waals surface area contributed by atoms with E-state index in [2.05, 4.69) is 5.32 Å². The summed E-state index contributed by atoms with van der Waals surface area (Å²) in [5.41, 5.74) is 4.20. The molecule has 7 heteroatoms. The molecule has 0 fully saturated rings. The Balaban J connectivity index is 1.66. The van der Waals surface area contributed by atoms with Crippen molar-refractivity contribution in [3.05, 3.63) is 59.7 Å². The third-order valence-corrected chi connectivity index (χ3v) is 4.61. The van der Waals surface area contributed by atoms with Crippen LogP contribution in [0.4, 0.5) is 13.6 Å². The van der Waals surface area contributed by atoms with E-state index in [0.29, 0.717) is 0 Å². The fraction of sp³-hybridized carbons (Fsp3) is 0.300. The normalized spacial score (nSPS) is 13.7. The molecule has 0 aliphatic heterocycles. The van der Waals surface area contributed by atoms with Gasteiger partial charge in [-0.3, -0.25) is 0 Å². The summed E-state index contributed by atoms with van der Waals surface area (Å²) in [6.45, 7) is 0.0288.